The quantitative estimate of drug-likeness (QED) is 0.875. The highest BCUT2D eigenvalue weighted by Crippen LogP contribution is 2.08. The van der Waals surface area contributed by atoms with Gasteiger partial charge >= 0.3 is 6.03 Å². The van der Waals surface area contributed by atoms with E-state index in [1.54, 1.807) is 7.05 Å². The van der Waals surface area contributed by atoms with E-state index in [0.717, 1.165) is 38.8 Å². The number of amides is 3. The third-order valence-corrected chi connectivity index (χ3v) is 4.26. The molecule has 0 aliphatic carbocycles. The number of carbonyl (C=O) groups excluding carboxylic acids is 2. The number of nitrogens with zero attached hydrogens (tertiary/aromatic N) is 2. The third-order valence-electron chi connectivity index (χ3n) is 4.26. The molecule has 5 nitrogen and oxygen atoms in total. The molecule has 1 aromatic carbocycles. The van der Waals surface area contributed by atoms with Gasteiger partial charge in [0.05, 0.1) is 0 Å². The second-order valence-electron chi connectivity index (χ2n) is 6.32. The van der Waals surface area contributed by atoms with Crippen LogP contribution in [-0.4, -0.2) is 54.5 Å². The molecule has 0 saturated carbocycles. The van der Waals surface area contributed by atoms with Crippen LogP contribution in [-0.2, 0) is 11.2 Å². The van der Waals surface area contributed by atoms with Crippen molar-refractivity contribution in [3.8, 4) is 0 Å². The van der Waals surface area contributed by atoms with Crippen molar-refractivity contribution in [2.75, 3.05) is 26.7 Å². The molecule has 126 valence electrons. The number of rotatable bonds is 6. The Kier molecular flexibility index (Phi) is 6.44. The van der Waals surface area contributed by atoms with Crippen molar-refractivity contribution >= 4 is 11.9 Å². The van der Waals surface area contributed by atoms with Gasteiger partial charge in [-0.05, 0) is 38.2 Å². The van der Waals surface area contributed by atoms with Gasteiger partial charge in [0.25, 0.3) is 0 Å². The molecule has 1 heterocycles. The minimum Gasteiger partial charge on any atom is -0.341 e. The van der Waals surface area contributed by atoms with Crippen molar-refractivity contribution in [3.05, 3.63) is 35.9 Å². The molecule has 1 atom stereocenters. The van der Waals surface area contributed by atoms with E-state index in [-0.39, 0.29) is 24.5 Å². The van der Waals surface area contributed by atoms with Crippen molar-refractivity contribution in [3.63, 3.8) is 0 Å². The van der Waals surface area contributed by atoms with Gasteiger partial charge in [0.15, 0.2) is 0 Å². The van der Waals surface area contributed by atoms with Gasteiger partial charge in [-0.3, -0.25) is 4.79 Å². The zero-order chi connectivity index (χ0) is 16.7. The Labute approximate surface area is 138 Å². The molecule has 0 spiro atoms. The highest BCUT2D eigenvalue weighted by atomic mass is 16.2. The summed E-state index contributed by atoms with van der Waals surface area (Å²) in [5, 5.41) is 2.96. The molecule has 5 heteroatoms. The lowest BCUT2D eigenvalue weighted by Crippen LogP contribution is -2.46. The van der Waals surface area contributed by atoms with E-state index in [0.29, 0.717) is 0 Å². The molecule has 2 rings (SSSR count). The molecule has 1 aromatic rings. The summed E-state index contributed by atoms with van der Waals surface area (Å²) in [6.45, 7) is 3.79. The first-order chi connectivity index (χ1) is 11.1. The van der Waals surface area contributed by atoms with Crippen LogP contribution in [0.2, 0.25) is 0 Å². The Hall–Kier alpha value is -2.04. The summed E-state index contributed by atoms with van der Waals surface area (Å²) in [6, 6.07) is 10.1. The maximum atomic E-state index is 12.2. The van der Waals surface area contributed by atoms with Crippen molar-refractivity contribution in [1.82, 2.24) is 15.1 Å². The van der Waals surface area contributed by atoms with Crippen LogP contribution in [0.15, 0.2) is 30.3 Å². The smallest absolute Gasteiger partial charge is 0.317 e. The lowest BCUT2D eigenvalue weighted by molar-refractivity contribution is -0.130. The topological polar surface area (TPSA) is 52.7 Å². The number of hydrogen-bond donors (Lipinski definition) is 1. The average molecular weight is 317 g/mol. The molecular weight excluding hydrogens is 290 g/mol. The summed E-state index contributed by atoms with van der Waals surface area (Å²) >= 11 is 0. The minimum atomic E-state index is -0.182. The van der Waals surface area contributed by atoms with Crippen LogP contribution in [0.3, 0.4) is 0 Å². The molecular formula is C18H27N3O2. The second-order valence-corrected chi connectivity index (χ2v) is 6.32. The highest BCUT2D eigenvalue weighted by Gasteiger charge is 2.21. The Morgan fingerprint density at radius 3 is 2.52 bits per heavy atom. The summed E-state index contributed by atoms with van der Waals surface area (Å²) in [4.78, 5) is 27.5. The highest BCUT2D eigenvalue weighted by molar-refractivity contribution is 5.84. The summed E-state index contributed by atoms with van der Waals surface area (Å²) in [7, 11) is 1.67. The maximum Gasteiger partial charge on any atom is 0.317 e. The molecule has 0 aromatic heterocycles. The van der Waals surface area contributed by atoms with Gasteiger partial charge in [0.1, 0.15) is 6.54 Å². The fourth-order valence-electron chi connectivity index (χ4n) is 2.76. The van der Waals surface area contributed by atoms with Crippen LogP contribution < -0.4 is 5.32 Å². The molecule has 1 fully saturated rings. The zero-order valence-corrected chi connectivity index (χ0v) is 14.1. The predicted octanol–water partition coefficient (Wildman–Crippen LogP) is 2.27. The van der Waals surface area contributed by atoms with Gasteiger partial charge in [0, 0.05) is 26.2 Å². The normalized spacial score (nSPS) is 15.3. The largest absolute Gasteiger partial charge is 0.341 e. The van der Waals surface area contributed by atoms with Crippen LogP contribution >= 0.6 is 0 Å². The number of likely N-dealkylation sites (N-methyl/N-ethyl adjacent to an activating group) is 1. The first-order valence-electron chi connectivity index (χ1n) is 8.39. The van der Waals surface area contributed by atoms with Gasteiger partial charge in [-0.25, -0.2) is 4.79 Å². The summed E-state index contributed by atoms with van der Waals surface area (Å²) in [5.41, 5.74) is 1.27. The molecule has 1 N–H and O–H groups in total. The third kappa shape index (κ3) is 5.58. The maximum absolute atomic E-state index is 12.2. The molecule has 1 aliphatic rings. The summed E-state index contributed by atoms with van der Waals surface area (Å²) in [5.74, 6) is 0.0390. The summed E-state index contributed by atoms with van der Waals surface area (Å²) < 4.78 is 0. The number of hydrogen-bond acceptors (Lipinski definition) is 2. The van der Waals surface area contributed by atoms with E-state index < -0.39 is 0 Å². The lowest BCUT2D eigenvalue weighted by atomic mass is 10.1. The van der Waals surface area contributed by atoms with E-state index in [1.807, 2.05) is 30.0 Å². The van der Waals surface area contributed by atoms with E-state index >= 15 is 0 Å². The van der Waals surface area contributed by atoms with E-state index in [4.69, 9.17) is 0 Å². The number of nitrogens with one attached hydrogen (secondary N) is 1. The van der Waals surface area contributed by atoms with E-state index in [2.05, 4.69) is 17.4 Å². The van der Waals surface area contributed by atoms with Gasteiger partial charge < -0.3 is 15.1 Å². The van der Waals surface area contributed by atoms with Crippen molar-refractivity contribution in [1.29, 1.82) is 0 Å². The number of aryl methyl sites for hydroxylation is 1. The monoisotopic (exact) mass is 317 g/mol. The lowest BCUT2D eigenvalue weighted by Gasteiger charge is -2.23. The zero-order valence-electron chi connectivity index (χ0n) is 14.1. The Balaban J connectivity index is 1.70. The van der Waals surface area contributed by atoms with Crippen LogP contribution in [0.4, 0.5) is 4.79 Å². The van der Waals surface area contributed by atoms with Crippen molar-refractivity contribution in [2.24, 2.45) is 0 Å². The summed E-state index contributed by atoms with van der Waals surface area (Å²) in [6.07, 6.45) is 3.94. The van der Waals surface area contributed by atoms with Crippen molar-refractivity contribution < 1.29 is 9.59 Å². The Morgan fingerprint density at radius 1 is 1.22 bits per heavy atom. The number of likely N-dealkylation sites (tertiary alicyclic amines) is 1. The molecule has 1 saturated heterocycles. The van der Waals surface area contributed by atoms with Gasteiger partial charge in [-0.2, -0.15) is 0 Å². The standard InChI is InChI=1S/C18H27N3O2/c1-15(10-11-16-8-4-3-5-9-16)19-18(23)20(2)14-17(22)21-12-6-7-13-21/h3-5,8-9,15H,6-7,10-14H2,1-2H3,(H,19,23)/t15-/m0/s1. The van der Waals surface area contributed by atoms with Gasteiger partial charge in [0.2, 0.25) is 5.91 Å². The van der Waals surface area contributed by atoms with E-state index in [9.17, 15) is 9.59 Å². The second kappa shape index (κ2) is 8.56. The van der Waals surface area contributed by atoms with Crippen LogP contribution in [0.25, 0.3) is 0 Å². The molecule has 1 aliphatic heterocycles. The number of benzene rings is 1. The molecule has 0 unspecified atom stereocenters. The minimum absolute atomic E-state index is 0.0390. The molecule has 23 heavy (non-hydrogen) atoms. The van der Waals surface area contributed by atoms with Gasteiger partial charge in [-0.1, -0.05) is 30.3 Å². The first kappa shape index (κ1) is 17.3. The van der Waals surface area contributed by atoms with Crippen molar-refractivity contribution in [2.45, 2.75) is 38.6 Å². The molecule has 0 radical (unpaired) electrons. The predicted molar refractivity (Wildman–Crippen MR) is 91.2 cm³/mol. The van der Waals surface area contributed by atoms with Crippen LogP contribution in [0.1, 0.15) is 31.7 Å². The van der Waals surface area contributed by atoms with Gasteiger partial charge in [-0.15, -0.1) is 0 Å². The first-order valence-corrected chi connectivity index (χ1v) is 8.39. The van der Waals surface area contributed by atoms with E-state index in [1.165, 1.54) is 10.5 Å². The Bertz CT molecular complexity index is 512. The SMILES string of the molecule is C[C@@H](CCc1ccccc1)NC(=O)N(C)CC(=O)N1CCCC1. The average Bonchev–Trinajstić information content (AvgIpc) is 3.08. The fourth-order valence-corrected chi connectivity index (χ4v) is 2.76. The molecule has 0 bridgehead atoms. The Morgan fingerprint density at radius 2 is 1.87 bits per heavy atom. The van der Waals surface area contributed by atoms with Crippen LogP contribution in [0.5, 0.6) is 0 Å². The molecule has 3 amide bonds. The van der Waals surface area contributed by atoms with Crippen LogP contribution in [0, 0.1) is 0 Å². The number of urea groups is 1. The fraction of sp³-hybridized carbons (Fsp3) is 0.556. The number of carbonyl (C=O) groups is 2.